The number of aryl methyl sites for hydroxylation is 1. The topological polar surface area (TPSA) is 0 Å². The fraction of sp³-hybridized carbons (Fsp3) is 0.538. The first-order chi connectivity index (χ1) is 19.0. The summed E-state index contributed by atoms with van der Waals surface area (Å²) < 4.78 is 0. The summed E-state index contributed by atoms with van der Waals surface area (Å²) in [6.45, 7) is 14.5. The van der Waals surface area contributed by atoms with Gasteiger partial charge in [-0.25, -0.2) is 0 Å². The molecule has 5 aliphatic carbocycles. The van der Waals surface area contributed by atoms with Gasteiger partial charge in [0.1, 0.15) is 0 Å². The molecule has 39 heavy (non-hydrogen) atoms. The zero-order valence-electron chi connectivity index (χ0n) is 24.9. The van der Waals surface area contributed by atoms with E-state index in [4.69, 9.17) is 6.58 Å². The Morgan fingerprint density at radius 3 is 2.56 bits per heavy atom. The van der Waals surface area contributed by atoms with Gasteiger partial charge in [-0.1, -0.05) is 102 Å². The van der Waals surface area contributed by atoms with Crippen LogP contribution in [-0.2, 0) is 12.8 Å². The van der Waals surface area contributed by atoms with Gasteiger partial charge >= 0.3 is 0 Å². The molecule has 0 aliphatic heterocycles. The lowest BCUT2D eigenvalue weighted by atomic mass is 9.73. The second-order valence-electron chi connectivity index (χ2n) is 13.8. The maximum atomic E-state index is 4.86. The molecular formula is C39H48. The molecule has 0 heterocycles. The predicted molar refractivity (Wildman–Crippen MR) is 168 cm³/mol. The molecule has 0 radical (unpaired) electrons. The minimum Gasteiger partial charge on any atom is -0.0949 e. The highest BCUT2D eigenvalue weighted by Gasteiger charge is 2.52. The van der Waals surface area contributed by atoms with Crippen molar-refractivity contribution >= 4 is 17.2 Å². The predicted octanol–water partition coefficient (Wildman–Crippen LogP) is 10.7. The summed E-state index contributed by atoms with van der Waals surface area (Å²) in [6, 6.07) is 14.3. The van der Waals surface area contributed by atoms with Crippen LogP contribution in [0.25, 0.3) is 17.2 Å². The molecule has 0 nitrogen and oxygen atoms in total. The number of hydrogen-bond acceptors (Lipinski definition) is 0. The van der Waals surface area contributed by atoms with Crippen LogP contribution >= 0.6 is 0 Å². The Morgan fingerprint density at radius 2 is 1.85 bits per heavy atom. The van der Waals surface area contributed by atoms with E-state index in [0.29, 0.717) is 11.8 Å². The molecule has 3 saturated carbocycles. The Bertz CT molecular complexity index is 1360. The van der Waals surface area contributed by atoms with Gasteiger partial charge in [0.2, 0.25) is 0 Å². The number of hydrogen-bond donors (Lipinski definition) is 0. The lowest BCUT2D eigenvalue weighted by molar-refractivity contribution is 0.251. The molecule has 0 amide bonds. The van der Waals surface area contributed by atoms with Gasteiger partial charge in [-0.15, -0.1) is 0 Å². The number of rotatable bonds is 9. The third kappa shape index (κ3) is 4.15. The second kappa shape index (κ2) is 9.94. The summed E-state index contributed by atoms with van der Waals surface area (Å²) in [6.07, 6.45) is 15.9. The van der Waals surface area contributed by atoms with Crippen molar-refractivity contribution in [3.63, 3.8) is 0 Å². The monoisotopic (exact) mass is 516 g/mol. The van der Waals surface area contributed by atoms with Crippen LogP contribution in [0, 0.1) is 35.5 Å². The molecule has 0 spiro atoms. The van der Waals surface area contributed by atoms with Gasteiger partial charge in [-0.3, -0.25) is 0 Å². The molecule has 4 unspecified atom stereocenters. The van der Waals surface area contributed by atoms with Crippen LogP contribution in [0.5, 0.6) is 0 Å². The lowest BCUT2D eigenvalue weighted by Gasteiger charge is -2.32. The Labute approximate surface area is 237 Å². The van der Waals surface area contributed by atoms with Crippen molar-refractivity contribution in [1.82, 2.24) is 0 Å². The van der Waals surface area contributed by atoms with Crippen molar-refractivity contribution in [2.45, 2.75) is 97.8 Å². The maximum absolute atomic E-state index is 4.86. The van der Waals surface area contributed by atoms with Gasteiger partial charge < -0.3 is 0 Å². The molecular weight excluding hydrogens is 468 g/mol. The second-order valence-corrected chi connectivity index (χ2v) is 13.8. The summed E-state index contributed by atoms with van der Waals surface area (Å²) in [4.78, 5) is 0. The van der Waals surface area contributed by atoms with Crippen LogP contribution < -0.4 is 0 Å². The smallest absolute Gasteiger partial charge is 0.0101 e. The van der Waals surface area contributed by atoms with Crippen molar-refractivity contribution in [2.24, 2.45) is 35.5 Å². The van der Waals surface area contributed by atoms with Crippen LogP contribution in [0.3, 0.4) is 0 Å². The zero-order valence-corrected chi connectivity index (χ0v) is 24.9. The van der Waals surface area contributed by atoms with E-state index < -0.39 is 0 Å². The molecule has 0 aromatic heterocycles. The van der Waals surface area contributed by atoms with Gasteiger partial charge in [-0.2, -0.15) is 0 Å². The normalized spacial score (nSPS) is 30.6. The maximum Gasteiger partial charge on any atom is 0.0101 e. The van der Waals surface area contributed by atoms with Crippen LogP contribution in [0.1, 0.15) is 118 Å². The average Bonchev–Trinajstić information content (AvgIpc) is 3.30. The molecule has 0 saturated heterocycles. The van der Waals surface area contributed by atoms with E-state index in [2.05, 4.69) is 70.2 Å². The number of allylic oxidation sites excluding steroid dienone is 4. The van der Waals surface area contributed by atoms with Gasteiger partial charge in [0.25, 0.3) is 0 Å². The van der Waals surface area contributed by atoms with Crippen molar-refractivity contribution in [3.8, 4) is 0 Å². The molecule has 2 aromatic carbocycles. The Hall–Kier alpha value is -2.34. The van der Waals surface area contributed by atoms with Gasteiger partial charge in [-0.05, 0) is 130 Å². The highest BCUT2D eigenvalue weighted by Crippen LogP contribution is 2.61. The van der Waals surface area contributed by atoms with Crippen LogP contribution in [0.2, 0.25) is 0 Å². The van der Waals surface area contributed by atoms with Crippen molar-refractivity contribution < 1.29 is 0 Å². The highest BCUT2D eigenvalue weighted by atomic mass is 14.6. The van der Waals surface area contributed by atoms with Gasteiger partial charge in [0.15, 0.2) is 0 Å². The highest BCUT2D eigenvalue weighted by molar-refractivity contribution is 5.86. The summed E-state index contributed by atoms with van der Waals surface area (Å²) in [5.74, 6) is 5.87. The minimum absolute atomic E-state index is 0.586. The van der Waals surface area contributed by atoms with Crippen molar-refractivity contribution in [3.05, 3.63) is 87.5 Å². The summed E-state index contributed by atoms with van der Waals surface area (Å²) in [5.41, 5.74) is 15.4. The Balaban J connectivity index is 1.20. The van der Waals surface area contributed by atoms with E-state index in [1.165, 1.54) is 68.1 Å². The Kier molecular flexibility index (Phi) is 6.53. The fourth-order valence-corrected chi connectivity index (χ4v) is 9.92. The molecule has 6 atom stereocenters. The van der Waals surface area contributed by atoms with E-state index in [1.807, 2.05) is 0 Å². The minimum atomic E-state index is 0.586. The van der Waals surface area contributed by atoms with Crippen LogP contribution in [0.4, 0.5) is 0 Å². The molecule has 0 N–H and O–H groups in total. The summed E-state index contributed by atoms with van der Waals surface area (Å²) in [7, 11) is 0. The van der Waals surface area contributed by atoms with E-state index in [-0.39, 0.29) is 0 Å². The van der Waals surface area contributed by atoms with Gasteiger partial charge in [0.05, 0.1) is 0 Å². The molecule has 2 bridgehead atoms. The van der Waals surface area contributed by atoms with E-state index in [0.717, 1.165) is 42.4 Å². The van der Waals surface area contributed by atoms with E-state index >= 15 is 0 Å². The lowest BCUT2D eigenvalue weighted by Crippen LogP contribution is -2.22. The molecule has 204 valence electrons. The molecule has 7 rings (SSSR count). The SMILES string of the molecule is C=C(c1cc(CC)c2c(c1)CC(C1=Cc3ccccc3C1CC1CC1)=C2C)[C@H]1CC2CC(CCC)C1[C@@H]2CC. The van der Waals surface area contributed by atoms with E-state index in [9.17, 15) is 0 Å². The fourth-order valence-electron chi connectivity index (χ4n) is 9.92. The molecule has 0 heteroatoms. The first-order valence-corrected chi connectivity index (χ1v) is 16.4. The standard InChI is InChI=1S/C39H48/c1-6-11-28-18-30-21-35(39(28)32(30)8-3)23(4)29-17-26(7-2)38-24(5)34(22-31(38)19-29)37-20-27-12-9-10-13-33(27)36(37)16-25-14-15-25/h9-10,12-13,17,19-20,25,28,30,32,35-36,39H,4,6-8,11,14-16,18,21-22H2,1-3,5H3/t28?,30?,32-,35-,36?,39?/m1/s1. The number of benzene rings is 2. The third-order valence-corrected chi connectivity index (χ3v) is 11.8. The first kappa shape index (κ1) is 25.6. The molecule has 2 aromatic rings. The third-order valence-electron chi connectivity index (χ3n) is 11.8. The van der Waals surface area contributed by atoms with E-state index in [1.54, 1.807) is 39.0 Å². The molecule has 3 fully saturated rings. The van der Waals surface area contributed by atoms with Crippen LogP contribution in [-0.4, -0.2) is 0 Å². The molecule has 5 aliphatic rings. The average molecular weight is 517 g/mol. The van der Waals surface area contributed by atoms with Crippen LogP contribution in [0.15, 0.2) is 54.1 Å². The Morgan fingerprint density at radius 1 is 1.03 bits per heavy atom. The zero-order chi connectivity index (χ0) is 26.8. The van der Waals surface area contributed by atoms with Crippen molar-refractivity contribution in [1.29, 1.82) is 0 Å². The van der Waals surface area contributed by atoms with Crippen molar-refractivity contribution in [2.75, 3.05) is 0 Å². The van der Waals surface area contributed by atoms with Gasteiger partial charge in [0, 0.05) is 5.92 Å². The number of fused-ring (bicyclic) bond motifs is 4. The summed E-state index contributed by atoms with van der Waals surface area (Å²) >= 11 is 0. The first-order valence-electron chi connectivity index (χ1n) is 16.4. The quantitative estimate of drug-likeness (QED) is 0.311. The largest absolute Gasteiger partial charge is 0.0949 e. The summed E-state index contributed by atoms with van der Waals surface area (Å²) in [5, 5.41) is 0.